The Labute approximate surface area is 267 Å². The number of rotatable bonds is 8. The van der Waals surface area contributed by atoms with Crippen molar-refractivity contribution >= 4 is 51.5 Å². The number of benzene rings is 3. The fraction of sp³-hybridized carbons (Fsp3) is 0.206. The van der Waals surface area contributed by atoms with Gasteiger partial charge in [-0.05, 0) is 56.2 Å². The molecule has 0 saturated heterocycles. The molecule has 1 atom stereocenters. The van der Waals surface area contributed by atoms with Gasteiger partial charge in [-0.1, -0.05) is 65.4 Å². The average Bonchev–Trinajstić information content (AvgIpc) is 3.53. The fourth-order valence-electron chi connectivity index (χ4n) is 5.82. The van der Waals surface area contributed by atoms with Gasteiger partial charge in [0.25, 0.3) is 17.2 Å². The highest BCUT2D eigenvalue weighted by Crippen LogP contribution is 2.32. The van der Waals surface area contributed by atoms with Crippen LogP contribution in [-0.4, -0.2) is 38.0 Å². The molecule has 3 aromatic carbocycles. The molecule has 0 radical (unpaired) electrons. The van der Waals surface area contributed by atoms with E-state index in [0.717, 1.165) is 27.6 Å². The van der Waals surface area contributed by atoms with Crippen LogP contribution in [0.5, 0.6) is 0 Å². The van der Waals surface area contributed by atoms with E-state index in [-0.39, 0.29) is 17.2 Å². The first kappa shape index (κ1) is 30.2. The summed E-state index contributed by atoms with van der Waals surface area (Å²) in [5.41, 5.74) is 4.38. The van der Waals surface area contributed by atoms with E-state index in [1.807, 2.05) is 69.4 Å². The van der Waals surface area contributed by atoms with Crippen molar-refractivity contribution in [1.82, 2.24) is 14.0 Å². The highest BCUT2D eigenvalue weighted by molar-refractivity contribution is 7.07. The Hall–Kier alpha value is -4.80. The minimum atomic E-state index is -0.655. The van der Waals surface area contributed by atoms with Crippen LogP contribution in [0.25, 0.3) is 17.0 Å². The molecule has 1 amide bonds. The fourth-order valence-corrected chi connectivity index (χ4v) is 6.98. The lowest BCUT2D eigenvalue weighted by Gasteiger charge is -2.29. The van der Waals surface area contributed by atoms with E-state index in [9.17, 15) is 19.7 Å². The number of nitro benzene ring substituents is 1. The molecule has 0 fully saturated rings. The molecule has 11 heteroatoms. The number of allylic oxidation sites excluding steroid dienone is 1. The Morgan fingerprint density at radius 1 is 1.07 bits per heavy atom. The second kappa shape index (κ2) is 12.3. The number of hydrogen-bond acceptors (Lipinski definition) is 6. The Kier molecular flexibility index (Phi) is 8.26. The summed E-state index contributed by atoms with van der Waals surface area (Å²) >= 11 is 7.51. The van der Waals surface area contributed by atoms with Crippen LogP contribution in [0.3, 0.4) is 0 Å². The number of carbonyl (C=O) groups is 1. The summed E-state index contributed by atoms with van der Waals surface area (Å²) in [6.45, 7) is 7.26. The first-order valence-corrected chi connectivity index (χ1v) is 15.8. The zero-order valence-electron chi connectivity index (χ0n) is 24.9. The zero-order valence-corrected chi connectivity index (χ0v) is 26.5. The molecular formula is C34H30ClN5O4S. The van der Waals surface area contributed by atoms with Crippen molar-refractivity contribution in [2.24, 2.45) is 4.99 Å². The maximum atomic E-state index is 14.2. The minimum Gasteiger partial charge on any atom is -0.342 e. The zero-order chi connectivity index (χ0) is 31.8. The number of amides is 1. The average molecular weight is 640 g/mol. The van der Waals surface area contributed by atoms with Gasteiger partial charge in [-0.3, -0.25) is 24.3 Å². The molecule has 5 aromatic rings. The van der Waals surface area contributed by atoms with Crippen molar-refractivity contribution in [3.63, 3.8) is 0 Å². The second-order valence-corrected chi connectivity index (χ2v) is 12.2. The molecule has 9 nitrogen and oxygen atoms in total. The van der Waals surface area contributed by atoms with Crippen molar-refractivity contribution in [2.75, 3.05) is 13.1 Å². The summed E-state index contributed by atoms with van der Waals surface area (Å²) in [5.74, 6) is -0.148. The Bertz CT molecular complexity index is 2160. The summed E-state index contributed by atoms with van der Waals surface area (Å²) in [6.07, 6.45) is 3.87. The quantitative estimate of drug-likeness (QED) is 0.161. The number of hydrogen-bond donors (Lipinski definition) is 0. The standard InChI is InChI=1S/C34H30ClN5O4S/c1-4-37(5-2)33(42)30-21(3)36-34-39(31(30)23-12-14-25(35)15-13-23)32(41)29(45-34)18-24-20-38(28-9-7-6-8-27(24)28)19-22-10-16-26(17-11-22)40(43)44/h6-18,20,31H,4-5,19H2,1-3H3/b29-18+/t31-/m1/s1. The maximum absolute atomic E-state index is 14.2. The normalized spacial score (nSPS) is 14.8. The van der Waals surface area contributed by atoms with Gasteiger partial charge in [0.2, 0.25) is 0 Å². The van der Waals surface area contributed by atoms with Gasteiger partial charge in [0.1, 0.15) is 0 Å². The lowest BCUT2D eigenvalue weighted by atomic mass is 9.94. The number of likely N-dealkylation sites (N-methyl/N-ethyl adjacent to an activating group) is 1. The van der Waals surface area contributed by atoms with Gasteiger partial charge >= 0.3 is 0 Å². The molecule has 2 aromatic heterocycles. The van der Waals surface area contributed by atoms with E-state index in [0.29, 0.717) is 45.3 Å². The lowest BCUT2D eigenvalue weighted by Crippen LogP contribution is -2.43. The van der Waals surface area contributed by atoms with Gasteiger partial charge in [0, 0.05) is 59.5 Å². The Morgan fingerprint density at radius 3 is 2.42 bits per heavy atom. The molecule has 0 bridgehead atoms. The molecule has 0 unspecified atom stereocenters. The predicted octanol–water partition coefficient (Wildman–Crippen LogP) is 5.67. The molecule has 1 aliphatic rings. The van der Waals surface area contributed by atoms with E-state index >= 15 is 0 Å². The van der Waals surface area contributed by atoms with Crippen LogP contribution in [0, 0.1) is 10.1 Å². The molecular weight excluding hydrogens is 610 g/mol. The van der Waals surface area contributed by atoms with Crippen molar-refractivity contribution < 1.29 is 9.72 Å². The Morgan fingerprint density at radius 2 is 1.76 bits per heavy atom. The number of nitrogens with zero attached hydrogens (tertiary/aromatic N) is 5. The van der Waals surface area contributed by atoms with Crippen LogP contribution in [0.4, 0.5) is 5.69 Å². The predicted molar refractivity (Wildman–Crippen MR) is 177 cm³/mol. The van der Waals surface area contributed by atoms with Gasteiger partial charge < -0.3 is 9.47 Å². The largest absolute Gasteiger partial charge is 0.342 e. The summed E-state index contributed by atoms with van der Waals surface area (Å²) in [6, 6.07) is 21.0. The van der Waals surface area contributed by atoms with Gasteiger partial charge in [0.05, 0.1) is 26.8 Å². The van der Waals surface area contributed by atoms with E-state index in [4.69, 9.17) is 16.6 Å². The van der Waals surface area contributed by atoms with Gasteiger partial charge in [-0.2, -0.15) is 0 Å². The third-order valence-corrected chi connectivity index (χ3v) is 9.33. The number of thiazole rings is 1. The molecule has 3 heterocycles. The van der Waals surface area contributed by atoms with E-state index in [1.165, 1.54) is 23.5 Å². The third kappa shape index (κ3) is 5.63. The maximum Gasteiger partial charge on any atom is 0.271 e. The van der Waals surface area contributed by atoms with Gasteiger partial charge in [-0.25, -0.2) is 4.99 Å². The van der Waals surface area contributed by atoms with Crippen LogP contribution in [0.15, 0.2) is 100 Å². The van der Waals surface area contributed by atoms with Crippen LogP contribution < -0.4 is 14.9 Å². The number of para-hydroxylation sites is 1. The Balaban J connectivity index is 1.48. The first-order chi connectivity index (χ1) is 21.7. The van der Waals surface area contributed by atoms with Crippen molar-refractivity contribution in [1.29, 1.82) is 0 Å². The number of non-ortho nitro benzene ring substituents is 1. The number of nitro groups is 1. The SMILES string of the molecule is CCN(CC)C(=O)C1=C(C)N=c2s/c(=C/c3cn(Cc4ccc([N+](=O)[O-])cc4)c4ccccc34)c(=O)n2[C@@H]1c1ccc(Cl)cc1. The smallest absolute Gasteiger partial charge is 0.271 e. The molecule has 1 aliphatic heterocycles. The highest BCUT2D eigenvalue weighted by atomic mass is 35.5. The summed E-state index contributed by atoms with van der Waals surface area (Å²) < 4.78 is 4.19. The van der Waals surface area contributed by atoms with Crippen LogP contribution in [0.2, 0.25) is 5.02 Å². The molecule has 228 valence electrons. The second-order valence-electron chi connectivity index (χ2n) is 10.8. The molecule has 0 N–H and O–H groups in total. The lowest BCUT2D eigenvalue weighted by molar-refractivity contribution is -0.384. The number of carbonyl (C=O) groups excluding carboxylic acids is 1. The summed E-state index contributed by atoms with van der Waals surface area (Å²) in [4.78, 5) is 45.8. The van der Waals surface area contributed by atoms with E-state index < -0.39 is 11.0 Å². The van der Waals surface area contributed by atoms with Crippen LogP contribution >= 0.6 is 22.9 Å². The third-order valence-electron chi connectivity index (χ3n) is 8.09. The first-order valence-electron chi connectivity index (χ1n) is 14.6. The van der Waals surface area contributed by atoms with Crippen molar-refractivity contribution in [3.8, 4) is 0 Å². The molecule has 6 rings (SSSR count). The summed E-state index contributed by atoms with van der Waals surface area (Å²) in [7, 11) is 0. The van der Waals surface area contributed by atoms with E-state index in [2.05, 4.69) is 4.57 Å². The van der Waals surface area contributed by atoms with Crippen molar-refractivity contribution in [2.45, 2.75) is 33.4 Å². The topological polar surface area (TPSA) is 103 Å². The van der Waals surface area contributed by atoms with Gasteiger partial charge in [-0.15, -0.1) is 0 Å². The molecule has 0 saturated carbocycles. The van der Waals surface area contributed by atoms with Gasteiger partial charge in [0.15, 0.2) is 4.80 Å². The molecule has 45 heavy (non-hydrogen) atoms. The minimum absolute atomic E-state index is 0.0428. The van der Waals surface area contributed by atoms with E-state index in [1.54, 1.807) is 33.7 Å². The monoisotopic (exact) mass is 639 g/mol. The van der Waals surface area contributed by atoms with Crippen molar-refractivity contribution in [3.05, 3.63) is 142 Å². The highest BCUT2D eigenvalue weighted by Gasteiger charge is 2.34. The number of fused-ring (bicyclic) bond motifs is 2. The summed E-state index contributed by atoms with van der Waals surface area (Å²) in [5, 5.41) is 12.6. The number of halogens is 1. The van der Waals surface area contributed by atoms with Crippen LogP contribution in [-0.2, 0) is 11.3 Å². The number of aromatic nitrogens is 2. The van der Waals surface area contributed by atoms with Crippen LogP contribution in [0.1, 0.15) is 43.5 Å². The molecule has 0 spiro atoms. The molecule has 0 aliphatic carbocycles.